The zero-order chi connectivity index (χ0) is 19.1. The fourth-order valence-electron chi connectivity index (χ4n) is 3.14. The molecule has 0 bridgehead atoms. The minimum absolute atomic E-state index is 0.00572. The molecule has 0 unspecified atom stereocenters. The van der Waals surface area contributed by atoms with Crippen molar-refractivity contribution < 1.29 is 19.1 Å². The number of hydrogen-bond donors (Lipinski definition) is 1. The number of morpholine rings is 1. The average Bonchev–Trinajstić information content (AvgIpc) is 2.63. The number of nitrogens with zero attached hydrogens (tertiary/aromatic N) is 1. The highest BCUT2D eigenvalue weighted by Gasteiger charge is 2.31. The third-order valence-corrected chi connectivity index (χ3v) is 4.94. The van der Waals surface area contributed by atoms with Crippen LogP contribution in [0.3, 0.4) is 0 Å². The first kappa shape index (κ1) is 20.6. The molecule has 6 nitrogen and oxygen atoms in total. The third-order valence-electron chi connectivity index (χ3n) is 4.30. The number of thioether (sulfide) groups is 1. The van der Waals surface area contributed by atoms with Gasteiger partial charge in [-0.2, -0.15) is 11.8 Å². The molecule has 1 aromatic carbocycles. The lowest BCUT2D eigenvalue weighted by Crippen LogP contribution is -2.55. The Morgan fingerprint density at radius 3 is 2.58 bits per heavy atom. The standard InChI is InChI=1S/C19H28N2O4S/c1-13-11-21(12-14(2)25-13)19(23)16(9-10-26-4)20-18(22)15-7-5-6-8-17(15)24-3/h5-8,13-14,16H,9-12H2,1-4H3,(H,20,22)/t13-,14-,16+/m0/s1. The van der Waals surface area contributed by atoms with Gasteiger partial charge in [-0.3, -0.25) is 9.59 Å². The first-order valence-corrected chi connectivity index (χ1v) is 10.2. The second kappa shape index (κ2) is 9.83. The predicted molar refractivity (Wildman–Crippen MR) is 104 cm³/mol. The number of ether oxygens (including phenoxy) is 2. The zero-order valence-electron chi connectivity index (χ0n) is 15.9. The number of amides is 2. The minimum Gasteiger partial charge on any atom is -0.496 e. The summed E-state index contributed by atoms with van der Waals surface area (Å²) in [5.41, 5.74) is 0.431. The van der Waals surface area contributed by atoms with Gasteiger partial charge in [0.05, 0.1) is 24.9 Å². The van der Waals surface area contributed by atoms with Crippen LogP contribution in [0.25, 0.3) is 0 Å². The Morgan fingerprint density at radius 2 is 1.96 bits per heavy atom. The van der Waals surface area contributed by atoms with Crippen molar-refractivity contribution in [2.75, 3.05) is 32.2 Å². The molecule has 144 valence electrons. The summed E-state index contributed by atoms with van der Waals surface area (Å²) < 4.78 is 11.0. The van der Waals surface area contributed by atoms with E-state index < -0.39 is 6.04 Å². The van der Waals surface area contributed by atoms with Crippen molar-refractivity contribution in [3.63, 3.8) is 0 Å². The summed E-state index contributed by atoms with van der Waals surface area (Å²) in [4.78, 5) is 27.6. The van der Waals surface area contributed by atoms with Gasteiger partial charge >= 0.3 is 0 Å². The maximum absolute atomic E-state index is 13.0. The molecule has 0 aliphatic carbocycles. The van der Waals surface area contributed by atoms with Crippen LogP contribution in [0.1, 0.15) is 30.6 Å². The zero-order valence-corrected chi connectivity index (χ0v) is 16.7. The van der Waals surface area contributed by atoms with Crippen LogP contribution in [0.2, 0.25) is 0 Å². The molecule has 2 amide bonds. The summed E-state index contributed by atoms with van der Waals surface area (Å²) in [5.74, 6) is 0.938. The van der Waals surface area contributed by atoms with Gasteiger partial charge in [0.2, 0.25) is 5.91 Å². The van der Waals surface area contributed by atoms with Crippen LogP contribution < -0.4 is 10.1 Å². The Morgan fingerprint density at radius 1 is 1.31 bits per heavy atom. The minimum atomic E-state index is -0.558. The topological polar surface area (TPSA) is 67.9 Å². The van der Waals surface area contributed by atoms with Gasteiger partial charge in [0.25, 0.3) is 5.91 Å². The van der Waals surface area contributed by atoms with E-state index >= 15 is 0 Å². The highest BCUT2D eigenvalue weighted by Crippen LogP contribution is 2.18. The van der Waals surface area contributed by atoms with E-state index in [0.29, 0.717) is 30.8 Å². The number of carbonyl (C=O) groups excluding carboxylic acids is 2. The quantitative estimate of drug-likeness (QED) is 0.785. The molecule has 1 saturated heterocycles. The van der Waals surface area contributed by atoms with Crippen molar-refractivity contribution >= 4 is 23.6 Å². The maximum Gasteiger partial charge on any atom is 0.255 e. The lowest BCUT2D eigenvalue weighted by atomic mass is 10.1. The van der Waals surface area contributed by atoms with Gasteiger partial charge in [0.1, 0.15) is 11.8 Å². The molecule has 1 aliphatic rings. The monoisotopic (exact) mass is 380 g/mol. The van der Waals surface area contributed by atoms with E-state index in [9.17, 15) is 9.59 Å². The van der Waals surface area contributed by atoms with Crippen molar-refractivity contribution in [1.29, 1.82) is 0 Å². The third kappa shape index (κ3) is 5.38. The first-order valence-electron chi connectivity index (χ1n) is 8.83. The smallest absolute Gasteiger partial charge is 0.255 e. The molecule has 0 saturated carbocycles. The Bertz CT molecular complexity index is 615. The van der Waals surface area contributed by atoms with Gasteiger partial charge in [-0.05, 0) is 44.4 Å². The SMILES string of the molecule is COc1ccccc1C(=O)N[C@H](CCSC)C(=O)N1C[C@H](C)O[C@@H](C)C1. The molecule has 2 rings (SSSR count). The number of benzene rings is 1. The highest BCUT2D eigenvalue weighted by molar-refractivity contribution is 7.98. The fourth-order valence-corrected chi connectivity index (χ4v) is 3.61. The van der Waals surface area contributed by atoms with Crippen molar-refractivity contribution in [3.05, 3.63) is 29.8 Å². The lowest BCUT2D eigenvalue weighted by Gasteiger charge is -2.37. The summed E-state index contributed by atoms with van der Waals surface area (Å²) in [5, 5.41) is 2.91. The maximum atomic E-state index is 13.0. The average molecular weight is 381 g/mol. The van der Waals surface area contributed by atoms with Crippen LogP contribution >= 0.6 is 11.8 Å². The fraction of sp³-hybridized carbons (Fsp3) is 0.579. The largest absolute Gasteiger partial charge is 0.496 e. The van der Waals surface area contributed by atoms with Crippen LogP contribution in [0.5, 0.6) is 5.75 Å². The van der Waals surface area contributed by atoms with Crippen LogP contribution in [-0.2, 0) is 9.53 Å². The van der Waals surface area contributed by atoms with Crippen LogP contribution in [0.15, 0.2) is 24.3 Å². The summed E-state index contributed by atoms with van der Waals surface area (Å²) in [7, 11) is 1.53. The van der Waals surface area contributed by atoms with Gasteiger partial charge in [-0.25, -0.2) is 0 Å². The highest BCUT2D eigenvalue weighted by atomic mass is 32.2. The van der Waals surface area contributed by atoms with Gasteiger partial charge in [-0.15, -0.1) is 0 Å². The summed E-state index contributed by atoms with van der Waals surface area (Å²) >= 11 is 1.65. The predicted octanol–water partition coefficient (Wildman–Crippen LogP) is 2.18. The Kier molecular flexibility index (Phi) is 7.78. The molecule has 3 atom stereocenters. The van der Waals surface area contributed by atoms with Crippen LogP contribution in [0, 0.1) is 0 Å². The summed E-state index contributed by atoms with van der Waals surface area (Å²) in [6.45, 7) is 5.01. The Labute approximate surface area is 159 Å². The molecule has 1 fully saturated rings. The van der Waals surface area contributed by atoms with Crippen molar-refractivity contribution in [3.8, 4) is 5.75 Å². The van der Waals surface area contributed by atoms with Crippen LogP contribution in [0.4, 0.5) is 0 Å². The van der Waals surface area contributed by atoms with E-state index in [0.717, 1.165) is 5.75 Å². The molecular weight excluding hydrogens is 352 g/mol. The first-order chi connectivity index (χ1) is 12.5. The van der Waals surface area contributed by atoms with E-state index in [1.807, 2.05) is 26.2 Å². The second-order valence-corrected chi connectivity index (χ2v) is 7.49. The molecular formula is C19H28N2O4S. The molecule has 1 aromatic rings. The van der Waals surface area contributed by atoms with E-state index in [4.69, 9.17) is 9.47 Å². The summed E-state index contributed by atoms with van der Waals surface area (Å²) in [6.07, 6.45) is 2.56. The summed E-state index contributed by atoms with van der Waals surface area (Å²) in [6, 6.07) is 6.46. The molecule has 0 aromatic heterocycles. The molecule has 0 radical (unpaired) electrons. The Hall–Kier alpha value is -1.73. The number of para-hydroxylation sites is 1. The van der Waals surface area contributed by atoms with E-state index in [1.54, 1.807) is 34.9 Å². The van der Waals surface area contributed by atoms with Gasteiger partial charge in [-0.1, -0.05) is 12.1 Å². The van der Waals surface area contributed by atoms with Crippen molar-refractivity contribution in [2.45, 2.75) is 38.5 Å². The molecule has 0 spiro atoms. The van der Waals surface area contributed by atoms with Gasteiger partial charge in [0.15, 0.2) is 0 Å². The second-order valence-electron chi connectivity index (χ2n) is 6.51. The lowest BCUT2D eigenvalue weighted by molar-refractivity contribution is -0.145. The molecule has 7 heteroatoms. The molecule has 1 N–H and O–H groups in total. The van der Waals surface area contributed by atoms with E-state index in [2.05, 4.69) is 5.32 Å². The molecule has 1 aliphatic heterocycles. The molecule has 26 heavy (non-hydrogen) atoms. The number of nitrogens with one attached hydrogen (secondary N) is 1. The molecule has 1 heterocycles. The number of carbonyl (C=O) groups is 2. The van der Waals surface area contributed by atoms with E-state index in [1.165, 1.54) is 7.11 Å². The number of methoxy groups -OCH3 is 1. The van der Waals surface area contributed by atoms with Crippen LogP contribution in [-0.4, -0.2) is 67.2 Å². The van der Waals surface area contributed by atoms with Gasteiger partial charge in [0, 0.05) is 13.1 Å². The number of hydrogen-bond acceptors (Lipinski definition) is 5. The normalized spacial score (nSPS) is 21.2. The van der Waals surface area contributed by atoms with Crippen molar-refractivity contribution in [1.82, 2.24) is 10.2 Å². The Balaban J connectivity index is 2.13. The number of rotatable bonds is 7. The van der Waals surface area contributed by atoms with E-state index in [-0.39, 0.29) is 24.0 Å². The van der Waals surface area contributed by atoms with Crippen molar-refractivity contribution in [2.24, 2.45) is 0 Å². The van der Waals surface area contributed by atoms with Gasteiger partial charge < -0.3 is 19.7 Å².